The average molecular weight is 865 g/mol. The summed E-state index contributed by atoms with van der Waals surface area (Å²) in [6.45, 7) is 8.45. The number of aliphatic hydroxyl groups is 1. The van der Waals surface area contributed by atoms with Crippen molar-refractivity contribution in [1.82, 2.24) is 0 Å². The lowest BCUT2D eigenvalue weighted by Gasteiger charge is -2.24. The number of carbonyl (C=O) groups excluding carboxylic acids is 2. The minimum Gasteiger partial charge on any atom is -0.466 e. The zero-order chi connectivity index (χ0) is 44.5. The number of allylic oxidation sites excluding steroid dienone is 6. The molecule has 0 spiro atoms. The molecule has 1 aromatic heterocycles. The Morgan fingerprint density at radius 1 is 0.717 bits per heavy atom. The molecule has 0 aromatic carbocycles. The van der Waals surface area contributed by atoms with Gasteiger partial charge in [0.05, 0.1) is 33.9 Å². The minimum atomic E-state index is -4.43. The number of aliphatic hydroxyl groups excluding tert-OH is 1. The Morgan fingerprint density at radius 3 is 2.00 bits per heavy atom. The molecule has 3 atom stereocenters. The Morgan fingerprint density at radius 2 is 1.32 bits per heavy atom. The van der Waals surface area contributed by atoms with Crippen LogP contribution in [0.1, 0.15) is 158 Å². The molecule has 0 aliphatic carbocycles. The van der Waals surface area contributed by atoms with Gasteiger partial charge in [-0.25, -0.2) is 4.57 Å². The number of ether oxygens (including phenoxy) is 2. The lowest BCUT2D eigenvalue weighted by atomic mass is 10.0. The van der Waals surface area contributed by atoms with Crippen LogP contribution in [0.15, 0.2) is 53.0 Å². The van der Waals surface area contributed by atoms with Gasteiger partial charge in [-0.05, 0) is 82.8 Å². The highest BCUT2D eigenvalue weighted by Gasteiger charge is 2.27. The van der Waals surface area contributed by atoms with Crippen LogP contribution in [0.5, 0.6) is 0 Å². The lowest BCUT2D eigenvalue weighted by Crippen LogP contribution is -2.37. The van der Waals surface area contributed by atoms with Crippen LogP contribution < -0.4 is 0 Å². The minimum absolute atomic E-state index is 0.00403. The molecule has 0 saturated heterocycles. The maximum atomic E-state index is 12.7. The molecule has 0 aliphatic heterocycles. The van der Waals surface area contributed by atoms with Gasteiger partial charge in [0.2, 0.25) is 0 Å². The topological polar surface area (TPSA) is 142 Å². The molecular formula is C48H83NO10P+. The summed E-state index contributed by atoms with van der Waals surface area (Å²) < 4.78 is 40.5. The van der Waals surface area contributed by atoms with Crippen molar-refractivity contribution < 1.29 is 51.6 Å². The second-order valence-corrected chi connectivity index (χ2v) is 18.3. The predicted octanol–water partition coefficient (Wildman–Crippen LogP) is 11.3. The van der Waals surface area contributed by atoms with Crippen LogP contribution in [0.4, 0.5) is 0 Å². The second-order valence-electron chi connectivity index (χ2n) is 16.9. The molecule has 1 heterocycles. The van der Waals surface area contributed by atoms with E-state index in [0.29, 0.717) is 36.7 Å². The van der Waals surface area contributed by atoms with Gasteiger partial charge in [0.1, 0.15) is 31.3 Å². The maximum Gasteiger partial charge on any atom is 0.472 e. The fourth-order valence-electron chi connectivity index (χ4n) is 6.21. The summed E-state index contributed by atoms with van der Waals surface area (Å²) in [5, 5.41) is 10.2. The van der Waals surface area contributed by atoms with Gasteiger partial charge >= 0.3 is 19.8 Å². The standard InChI is InChI=1S/C48H82NO10P/c1-8-10-12-13-14-15-16-20-26-31-43(50)32-27-21-19-24-30-36-48(52)58-44(40-57-60(53,54)56-38-37-49(5,6)7)39-55-47(51)35-29-23-18-17-22-28-34-46-42(4)41(3)45(59-46)33-25-11-9-2/h14-15,19-21,26-27,32,43-44,50H,8-13,16-18,22-25,28-31,33-40H2,1-7H3/p+1/b15-14-,21-19+,26-20-,32-27-/t43?,44-/m1/s1. The van der Waals surface area contributed by atoms with Crippen molar-refractivity contribution in [3.8, 4) is 0 Å². The quantitative estimate of drug-likeness (QED) is 0.0166. The molecule has 12 heteroatoms. The van der Waals surface area contributed by atoms with Gasteiger partial charge in [0.25, 0.3) is 0 Å². The number of nitrogens with zero attached hydrogens (tertiary/aromatic N) is 1. The number of furan rings is 1. The summed E-state index contributed by atoms with van der Waals surface area (Å²) in [7, 11) is 1.36. The van der Waals surface area contributed by atoms with E-state index in [4.69, 9.17) is 22.9 Å². The van der Waals surface area contributed by atoms with Gasteiger partial charge in [-0.15, -0.1) is 0 Å². The SMILES string of the molecule is CCCCC/C=C\C/C=C\CC(O)/C=C\C=C\CCCC(=O)O[C@H](COC(=O)CCCCCCCCc1oc(CCCCC)c(C)c1C)COP(=O)(O)OCC[N+](C)(C)C. The monoisotopic (exact) mass is 865 g/mol. The van der Waals surface area contributed by atoms with Gasteiger partial charge in [0.15, 0.2) is 6.10 Å². The molecule has 1 aromatic rings. The molecule has 0 amide bonds. The fraction of sp³-hybridized carbons (Fsp3) is 0.708. The molecule has 0 aliphatic rings. The number of unbranched alkanes of at least 4 members (excludes halogenated alkanes) is 11. The lowest BCUT2D eigenvalue weighted by molar-refractivity contribution is -0.870. The van der Waals surface area contributed by atoms with Gasteiger partial charge < -0.3 is 28.4 Å². The van der Waals surface area contributed by atoms with Crippen LogP contribution >= 0.6 is 7.82 Å². The van der Waals surface area contributed by atoms with Gasteiger partial charge in [-0.2, -0.15) is 0 Å². The van der Waals surface area contributed by atoms with Crippen molar-refractivity contribution in [3.05, 3.63) is 71.3 Å². The Labute approximate surface area is 363 Å². The van der Waals surface area contributed by atoms with Gasteiger partial charge in [-0.3, -0.25) is 18.6 Å². The van der Waals surface area contributed by atoms with Crippen LogP contribution in [0.2, 0.25) is 0 Å². The number of hydrogen-bond donors (Lipinski definition) is 2. The van der Waals surface area contributed by atoms with Gasteiger partial charge in [0, 0.05) is 25.7 Å². The number of phosphoric ester groups is 1. The van der Waals surface area contributed by atoms with Crippen molar-refractivity contribution in [2.45, 2.75) is 175 Å². The first-order valence-electron chi connectivity index (χ1n) is 22.8. The molecule has 344 valence electrons. The predicted molar refractivity (Wildman–Crippen MR) is 243 cm³/mol. The number of phosphoric acid groups is 1. The Bertz CT molecular complexity index is 1460. The fourth-order valence-corrected chi connectivity index (χ4v) is 6.95. The molecule has 0 fully saturated rings. The summed E-state index contributed by atoms with van der Waals surface area (Å²) >= 11 is 0. The molecule has 1 rings (SSSR count). The number of carbonyl (C=O) groups is 2. The van der Waals surface area contributed by atoms with E-state index in [0.717, 1.165) is 69.3 Å². The van der Waals surface area contributed by atoms with Crippen LogP contribution in [0.3, 0.4) is 0 Å². The third-order valence-electron chi connectivity index (χ3n) is 10.1. The summed E-state index contributed by atoms with van der Waals surface area (Å²) in [6, 6.07) is 0. The summed E-state index contributed by atoms with van der Waals surface area (Å²) in [6.07, 6.45) is 33.1. The molecule has 0 bridgehead atoms. The molecule has 0 saturated carbocycles. The molecular weight excluding hydrogens is 781 g/mol. The third-order valence-corrected chi connectivity index (χ3v) is 11.1. The van der Waals surface area contributed by atoms with Crippen molar-refractivity contribution in [3.63, 3.8) is 0 Å². The van der Waals surface area contributed by atoms with E-state index in [1.54, 1.807) is 12.2 Å². The largest absolute Gasteiger partial charge is 0.472 e. The van der Waals surface area contributed by atoms with E-state index in [1.807, 2.05) is 39.4 Å². The summed E-state index contributed by atoms with van der Waals surface area (Å²) in [5.74, 6) is 1.30. The van der Waals surface area contributed by atoms with Gasteiger partial charge in [-0.1, -0.05) is 114 Å². The molecule has 2 unspecified atom stereocenters. The Balaban J connectivity index is 2.46. The Kier molecular flexibility index (Phi) is 31.1. The van der Waals surface area contributed by atoms with E-state index >= 15 is 0 Å². The van der Waals surface area contributed by atoms with Crippen molar-refractivity contribution in [1.29, 1.82) is 0 Å². The maximum absolute atomic E-state index is 12.7. The number of hydrogen-bond acceptors (Lipinski definition) is 9. The number of rotatable bonds is 37. The van der Waals surface area contributed by atoms with E-state index in [1.165, 1.54) is 49.7 Å². The number of likely N-dealkylation sites (N-methyl/N-ethyl adjacent to an activating group) is 1. The van der Waals surface area contributed by atoms with Crippen LogP contribution in [0, 0.1) is 13.8 Å². The van der Waals surface area contributed by atoms with Crippen molar-refractivity contribution in [2.75, 3.05) is 47.5 Å². The number of esters is 2. The highest BCUT2D eigenvalue weighted by Crippen LogP contribution is 2.43. The van der Waals surface area contributed by atoms with E-state index in [9.17, 15) is 24.2 Å². The summed E-state index contributed by atoms with van der Waals surface area (Å²) in [5.41, 5.74) is 2.59. The van der Waals surface area contributed by atoms with Crippen molar-refractivity contribution >= 4 is 19.8 Å². The molecule has 2 N–H and O–H groups in total. The normalized spacial score (nSPS) is 14.5. The van der Waals surface area contributed by atoms with Crippen molar-refractivity contribution in [2.24, 2.45) is 0 Å². The summed E-state index contributed by atoms with van der Waals surface area (Å²) in [4.78, 5) is 35.5. The first-order chi connectivity index (χ1) is 28.7. The first-order valence-corrected chi connectivity index (χ1v) is 24.3. The van der Waals surface area contributed by atoms with Crippen LogP contribution in [-0.2, 0) is 45.5 Å². The zero-order valence-electron chi connectivity index (χ0n) is 38.5. The molecule has 0 radical (unpaired) electrons. The number of quaternary nitrogens is 1. The first kappa shape index (κ1) is 55.2. The second kappa shape index (κ2) is 33.8. The molecule has 60 heavy (non-hydrogen) atoms. The number of aryl methyl sites for hydroxylation is 2. The highest BCUT2D eigenvalue weighted by molar-refractivity contribution is 7.47. The third kappa shape index (κ3) is 30.3. The smallest absolute Gasteiger partial charge is 0.466 e. The molecule has 11 nitrogen and oxygen atoms in total. The highest BCUT2D eigenvalue weighted by atomic mass is 31.2. The van der Waals surface area contributed by atoms with Crippen LogP contribution in [-0.4, -0.2) is 86.1 Å². The zero-order valence-corrected chi connectivity index (χ0v) is 39.4. The van der Waals surface area contributed by atoms with E-state index < -0.39 is 38.6 Å². The Hall–Kier alpha value is -2.79. The van der Waals surface area contributed by atoms with E-state index in [2.05, 4.69) is 45.9 Å². The van der Waals surface area contributed by atoms with Crippen LogP contribution in [0.25, 0.3) is 0 Å². The average Bonchev–Trinajstić information content (AvgIpc) is 3.46. The van der Waals surface area contributed by atoms with E-state index in [-0.39, 0.29) is 26.1 Å².